The molecule has 0 aliphatic carbocycles. The first kappa shape index (κ1) is 16.1. The number of rotatable bonds is 6. The molecule has 0 aromatic carbocycles. The maximum atomic E-state index is 5.89. The monoisotopic (exact) mass is 315 g/mol. The average molecular weight is 315 g/mol. The topological polar surface area (TPSA) is 46.4 Å². The van der Waals surface area contributed by atoms with Crippen molar-refractivity contribution in [3.05, 3.63) is 42.5 Å². The maximum absolute atomic E-state index is 5.89. The molecule has 1 fully saturated rings. The first-order valence-electron chi connectivity index (χ1n) is 8.14. The molecule has 6 heteroatoms. The zero-order valence-corrected chi connectivity index (χ0v) is 13.9. The minimum Gasteiger partial charge on any atom is -0.376 e. The summed E-state index contributed by atoms with van der Waals surface area (Å²) in [6.45, 7) is 4.72. The fourth-order valence-corrected chi connectivity index (χ4v) is 2.89. The van der Waals surface area contributed by atoms with E-state index in [4.69, 9.17) is 4.74 Å². The van der Waals surface area contributed by atoms with Crippen LogP contribution in [0.3, 0.4) is 0 Å². The highest BCUT2D eigenvalue weighted by Gasteiger charge is 2.21. The maximum Gasteiger partial charge on any atom is 0.233 e. The molecule has 1 atom stereocenters. The molecule has 1 saturated heterocycles. The Hall–Kier alpha value is -1.76. The molecule has 0 radical (unpaired) electrons. The lowest BCUT2D eigenvalue weighted by Crippen LogP contribution is -2.43. The third-order valence-corrected chi connectivity index (χ3v) is 4.11. The van der Waals surface area contributed by atoms with Crippen LogP contribution >= 0.6 is 0 Å². The van der Waals surface area contributed by atoms with E-state index in [0.29, 0.717) is 6.10 Å². The normalized spacial score (nSPS) is 19.3. The SMILES string of the molecule is CN(C)CCC1CN(Cc2cccn2-c2ncccn2)CCO1. The summed E-state index contributed by atoms with van der Waals surface area (Å²) in [5, 5.41) is 0. The minimum atomic E-state index is 0.322. The molecule has 3 heterocycles. The summed E-state index contributed by atoms with van der Waals surface area (Å²) in [7, 11) is 4.21. The lowest BCUT2D eigenvalue weighted by molar-refractivity contribution is -0.0374. The van der Waals surface area contributed by atoms with E-state index in [0.717, 1.165) is 45.2 Å². The summed E-state index contributed by atoms with van der Waals surface area (Å²) in [6.07, 6.45) is 6.97. The number of morpholine rings is 1. The Kier molecular flexibility index (Phi) is 5.38. The molecule has 6 nitrogen and oxygen atoms in total. The first-order valence-corrected chi connectivity index (χ1v) is 8.14. The van der Waals surface area contributed by atoms with Crippen LogP contribution in [0.25, 0.3) is 5.95 Å². The Bertz CT molecular complexity index is 598. The van der Waals surface area contributed by atoms with Gasteiger partial charge in [0.25, 0.3) is 0 Å². The van der Waals surface area contributed by atoms with Crippen LogP contribution < -0.4 is 0 Å². The summed E-state index contributed by atoms with van der Waals surface area (Å²) >= 11 is 0. The molecule has 2 aromatic rings. The number of ether oxygens (including phenoxy) is 1. The average Bonchev–Trinajstić information content (AvgIpc) is 3.02. The van der Waals surface area contributed by atoms with Crippen molar-refractivity contribution in [1.82, 2.24) is 24.3 Å². The Morgan fingerprint density at radius 1 is 1.26 bits per heavy atom. The van der Waals surface area contributed by atoms with Gasteiger partial charge in [0.15, 0.2) is 0 Å². The third kappa shape index (κ3) is 4.37. The molecule has 1 aliphatic rings. The number of hydrogen-bond acceptors (Lipinski definition) is 5. The van der Waals surface area contributed by atoms with E-state index >= 15 is 0 Å². The van der Waals surface area contributed by atoms with Crippen LogP contribution in [0, 0.1) is 0 Å². The van der Waals surface area contributed by atoms with Crippen molar-refractivity contribution in [2.24, 2.45) is 0 Å². The van der Waals surface area contributed by atoms with E-state index in [1.54, 1.807) is 12.4 Å². The van der Waals surface area contributed by atoms with Gasteiger partial charge in [-0.1, -0.05) is 0 Å². The van der Waals surface area contributed by atoms with Gasteiger partial charge in [-0.15, -0.1) is 0 Å². The molecule has 0 saturated carbocycles. The highest BCUT2D eigenvalue weighted by Crippen LogP contribution is 2.15. The summed E-state index contributed by atoms with van der Waals surface area (Å²) in [4.78, 5) is 13.3. The van der Waals surface area contributed by atoms with Crippen molar-refractivity contribution in [2.45, 2.75) is 19.1 Å². The molecular weight excluding hydrogens is 290 g/mol. The van der Waals surface area contributed by atoms with E-state index in [1.165, 1.54) is 5.69 Å². The van der Waals surface area contributed by atoms with E-state index in [-0.39, 0.29) is 0 Å². The van der Waals surface area contributed by atoms with E-state index < -0.39 is 0 Å². The first-order chi connectivity index (χ1) is 11.2. The van der Waals surface area contributed by atoms with Gasteiger partial charge in [0.2, 0.25) is 5.95 Å². The van der Waals surface area contributed by atoms with Crippen molar-refractivity contribution < 1.29 is 4.74 Å². The second-order valence-corrected chi connectivity index (χ2v) is 6.24. The van der Waals surface area contributed by atoms with Gasteiger partial charge in [-0.05, 0) is 38.7 Å². The largest absolute Gasteiger partial charge is 0.376 e. The molecular formula is C17H25N5O. The van der Waals surface area contributed by atoms with Gasteiger partial charge in [0.05, 0.1) is 12.7 Å². The third-order valence-electron chi connectivity index (χ3n) is 4.11. The molecule has 0 bridgehead atoms. The van der Waals surface area contributed by atoms with Crippen molar-refractivity contribution in [1.29, 1.82) is 0 Å². The Labute approximate surface area is 137 Å². The summed E-state index contributed by atoms with van der Waals surface area (Å²) in [5.41, 5.74) is 1.21. The fourth-order valence-electron chi connectivity index (χ4n) is 2.89. The number of nitrogens with zero attached hydrogens (tertiary/aromatic N) is 5. The molecule has 0 N–H and O–H groups in total. The van der Waals surface area contributed by atoms with E-state index in [1.807, 2.05) is 12.3 Å². The van der Waals surface area contributed by atoms with E-state index in [9.17, 15) is 0 Å². The highest BCUT2D eigenvalue weighted by atomic mass is 16.5. The van der Waals surface area contributed by atoms with Crippen LogP contribution in [-0.4, -0.2) is 70.8 Å². The smallest absolute Gasteiger partial charge is 0.233 e. The van der Waals surface area contributed by atoms with Crippen LogP contribution in [0.1, 0.15) is 12.1 Å². The lowest BCUT2D eigenvalue weighted by Gasteiger charge is -2.33. The van der Waals surface area contributed by atoms with Gasteiger partial charge in [-0.3, -0.25) is 9.47 Å². The zero-order chi connectivity index (χ0) is 16.1. The molecule has 23 heavy (non-hydrogen) atoms. The zero-order valence-electron chi connectivity index (χ0n) is 13.9. The van der Waals surface area contributed by atoms with Gasteiger partial charge in [-0.2, -0.15) is 0 Å². The Morgan fingerprint density at radius 2 is 2.09 bits per heavy atom. The van der Waals surface area contributed by atoms with Crippen LogP contribution in [-0.2, 0) is 11.3 Å². The quantitative estimate of drug-likeness (QED) is 0.807. The molecule has 0 spiro atoms. The van der Waals surface area contributed by atoms with Gasteiger partial charge < -0.3 is 9.64 Å². The Morgan fingerprint density at radius 3 is 2.87 bits per heavy atom. The predicted octanol–water partition coefficient (Wildman–Crippen LogP) is 1.42. The standard InChI is InChI=1S/C17H25N5O/c1-20(2)10-6-16-14-21(11-12-23-16)13-15-5-3-9-22(15)17-18-7-4-8-19-17/h3-5,7-9,16H,6,10-14H2,1-2H3. The molecule has 2 aromatic heterocycles. The second kappa shape index (κ2) is 7.68. The summed E-state index contributed by atoms with van der Waals surface area (Å²) < 4.78 is 7.95. The molecule has 3 rings (SSSR count). The second-order valence-electron chi connectivity index (χ2n) is 6.24. The van der Waals surface area contributed by atoms with Gasteiger partial charge in [0, 0.05) is 50.5 Å². The molecule has 1 unspecified atom stereocenters. The summed E-state index contributed by atoms with van der Waals surface area (Å²) in [5.74, 6) is 0.727. The predicted molar refractivity (Wildman–Crippen MR) is 89.5 cm³/mol. The van der Waals surface area contributed by atoms with Crippen LogP contribution in [0.15, 0.2) is 36.8 Å². The molecule has 124 valence electrons. The van der Waals surface area contributed by atoms with Gasteiger partial charge in [-0.25, -0.2) is 9.97 Å². The van der Waals surface area contributed by atoms with Crippen LogP contribution in [0.2, 0.25) is 0 Å². The highest BCUT2D eigenvalue weighted by molar-refractivity contribution is 5.20. The van der Waals surface area contributed by atoms with Crippen molar-refractivity contribution in [2.75, 3.05) is 40.3 Å². The lowest BCUT2D eigenvalue weighted by atomic mass is 10.2. The van der Waals surface area contributed by atoms with Crippen molar-refractivity contribution in [3.63, 3.8) is 0 Å². The molecule has 0 amide bonds. The fraction of sp³-hybridized carbons (Fsp3) is 0.529. The molecule has 1 aliphatic heterocycles. The minimum absolute atomic E-state index is 0.322. The van der Waals surface area contributed by atoms with E-state index in [2.05, 4.69) is 50.6 Å². The van der Waals surface area contributed by atoms with Gasteiger partial charge >= 0.3 is 0 Å². The summed E-state index contributed by atoms with van der Waals surface area (Å²) in [6, 6.07) is 6.03. The van der Waals surface area contributed by atoms with Crippen LogP contribution in [0.5, 0.6) is 0 Å². The van der Waals surface area contributed by atoms with Crippen molar-refractivity contribution in [3.8, 4) is 5.95 Å². The Balaban J connectivity index is 1.62. The number of hydrogen-bond donors (Lipinski definition) is 0. The number of aromatic nitrogens is 3. The van der Waals surface area contributed by atoms with Crippen molar-refractivity contribution >= 4 is 0 Å². The van der Waals surface area contributed by atoms with Gasteiger partial charge in [0.1, 0.15) is 0 Å². The van der Waals surface area contributed by atoms with Crippen LogP contribution in [0.4, 0.5) is 0 Å².